The van der Waals surface area contributed by atoms with Gasteiger partial charge in [-0.05, 0) is 48.5 Å². The number of H-pyrrole nitrogens is 1. The van der Waals surface area contributed by atoms with E-state index in [9.17, 15) is 4.79 Å². The van der Waals surface area contributed by atoms with Crippen LogP contribution in [0.15, 0.2) is 94.9 Å². The topological polar surface area (TPSA) is 68.5 Å². The van der Waals surface area contributed by atoms with Crippen LogP contribution in [-0.4, -0.2) is 24.1 Å². The third-order valence-electron chi connectivity index (χ3n) is 5.92. The predicted octanol–water partition coefficient (Wildman–Crippen LogP) is 6.39. The fourth-order valence-corrected chi connectivity index (χ4v) is 6.35. The zero-order chi connectivity index (χ0) is 24.5. The number of fused-ring (bicyclic) bond motifs is 2. The van der Waals surface area contributed by atoms with Crippen LogP contribution in [0.25, 0.3) is 27.1 Å². The molecule has 3 heterocycles. The second-order valence-electron chi connectivity index (χ2n) is 8.27. The lowest BCUT2D eigenvalue weighted by Crippen LogP contribution is -2.21. The Labute approximate surface area is 220 Å². The van der Waals surface area contributed by atoms with Crippen molar-refractivity contribution in [2.75, 3.05) is 0 Å². The first-order valence-corrected chi connectivity index (χ1v) is 13.7. The second kappa shape index (κ2) is 9.85. The number of aromatic nitrogens is 5. The summed E-state index contributed by atoms with van der Waals surface area (Å²) in [7, 11) is 0. The van der Waals surface area contributed by atoms with E-state index in [4.69, 9.17) is 17.2 Å². The Bertz CT molecular complexity index is 1750. The molecule has 0 unspecified atom stereocenters. The van der Waals surface area contributed by atoms with Crippen LogP contribution < -0.4 is 5.56 Å². The number of rotatable bonds is 7. The Morgan fingerprint density at radius 1 is 0.917 bits per heavy atom. The number of aryl methyl sites for hydroxylation is 2. The maximum atomic E-state index is 13.8. The lowest BCUT2D eigenvalue weighted by molar-refractivity contribution is 0.701. The van der Waals surface area contributed by atoms with Crippen molar-refractivity contribution in [3.8, 4) is 5.69 Å². The molecule has 0 spiro atoms. The summed E-state index contributed by atoms with van der Waals surface area (Å²) in [6.07, 6.45) is 0.811. The number of nitrogens with zero attached hydrogens (tertiary/aromatic N) is 4. The Morgan fingerprint density at radius 3 is 2.42 bits per heavy atom. The first kappa shape index (κ1) is 22.9. The van der Waals surface area contributed by atoms with Gasteiger partial charge in [0.1, 0.15) is 10.5 Å². The van der Waals surface area contributed by atoms with Gasteiger partial charge in [-0.3, -0.25) is 9.36 Å². The molecule has 0 radical (unpaired) electrons. The highest BCUT2D eigenvalue weighted by Crippen LogP contribution is 2.27. The lowest BCUT2D eigenvalue weighted by atomic mass is 10.1. The number of nitrogens with one attached hydrogen (secondary N) is 1. The number of imidazole rings is 1. The van der Waals surface area contributed by atoms with Crippen LogP contribution in [0, 0.1) is 3.95 Å². The monoisotopic (exact) mass is 527 g/mol. The van der Waals surface area contributed by atoms with Crippen LogP contribution >= 0.6 is 35.3 Å². The Morgan fingerprint density at radius 2 is 1.64 bits per heavy atom. The smallest absolute Gasteiger partial charge is 0.278 e. The van der Waals surface area contributed by atoms with Crippen molar-refractivity contribution < 1.29 is 0 Å². The SMILES string of the molecule is O=c1c2sc(=S)n(CCc3ccccc3)c2nc(SCc2nc3ccccc3[nH]2)n1-c1ccccc1. The molecule has 9 heteroatoms. The van der Waals surface area contributed by atoms with E-state index in [0.717, 1.165) is 29.0 Å². The minimum absolute atomic E-state index is 0.104. The number of thiazole rings is 1. The van der Waals surface area contributed by atoms with Gasteiger partial charge in [0.15, 0.2) is 14.8 Å². The molecule has 178 valence electrons. The van der Waals surface area contributed by atoms with Crippen molar-refractivity contribution in [1.29, 1.82) is 0 Å². The highest BCUT2D eigenvalue weighted by molar-refractivity contribution is 7.98. The van der Waals surface area contributed by atoms with Gasteiger partial charge in [-0.2, -0.15) is 0 Å². The van der Waals surface area contributed by atoms with E-state index in [0.29, 0.717) is 31.8 Å². The minimum atomic E-state index is -0.104. The third kappa shape index (κ3) is 4.41. The minimum Gasteiger partial charge on any atom is -0.341 e. The molecule has 0 aliphatic rings. The van der Waals surface area contributed by atoms with Gasteiger partial charge in [0.2, 0.25) is 0 Å². The zero-order valence-electron chi connectivity index (χ0n) is 19.1. The quantitative estimate of drug-likeness (QED) is 0.148. The van der Waals surface area contributed by atoms with Crippen LogP contribution in [0.2, 0.25) is 0 Å². The number of thioether (sulfide) groups is 1. The highest BCUT2D eigenvalue weighted by Gasteiger charge is 2.19. The third-order valence-corrected chi connectivity index (χ3v) is 8.29. The molecular formula is C27H21N5OS3. The van der Waals surface area contributed by atoms with E-state index in [1.807, 2.05) is 77.4 Å². The van der Waals surface area contributed by atoms with Crippen molar-refractivity contribution >= 4 is 56.7 Å². The summed E-state index contributed by atoms with van der Waals surface area (Å²) < 4.78 is 4.90. The normalized spacial score (nSPS) is 11.4. The number of hydrogen-bond donors (Lipinski definition) is 1. The fourth-order valence-electron chi connectivity index (χ4n) is 4.17. The van der Waals surface area contributed by atoms with Gasteiger partial charge in [-0.15, -0.1) is 0 Å². The molecule has 0 aliphatic heterocycles. The average Bonchev–Trinajstić information content (AvgIpc) is 3.47. The van der Waals surface area contributed by atoms with Crippen molar-refractivity contribution in [2.45, 2.75) is 23.9 Å². The highest BCUT2D eigenvalue weighted by atomic mass is 32.2. The van der Waals surface area contributed by atoms with Crippen molar-refractivity contribution in [3.05, 3.63) is 111 Å². The molecule has 3 aromatic heterocycles. The van der Waals surface area contributed by atoms with Crippen LogP contribution in [0.5, 0.6) is 0 Å². The maximum absolute atomic E-state index is 13.8. The van der Waals surface area contributed by atoms with Crippen LogP contribution in [0.4, 0.5) is 0 Å². The molecule has 0 amide bonds. The van der Waals surface area contributed by atoms with Crippen molar-refractivity contribution in [2.24, 2.45) is 0 Å². The molecule has 0 saturated carbocycles. The van der Waals surface area contributed by atoms with Gasteiger partial charge in [0.25, 0.3) is 5.56 Å². The van der Waals surface area contributed by atoms with Gasteiger partial charge in [-0.25, -0.2) is 9.97 Å². The van der Waals surface area contributed by atoms with E-state index in [1.165, 1.54) is 28.7 Å². The zero-order valence-corrected chi connectivity index (χ0v) is 21.6. The summed E-state index contributed by atoms with van der Waals surface area (Å²) in [6, 6.07) is 27.8. The molecule has 0 saturated heterocycles. The number of aromatic amines is 1. The van der Waals surface area contributed by atoms with Crippen LogP contribution in [-0.2, 0) is 18.7 Å². The molecule has 6 rings (SSSR count). The summed E-state index contributed by atoms with van der Waals surface area (Å²) in [4.78, 5) is 26.8. The molecular weight excluding hydrogens is 507 g/mol. The Kier molecular flexibility index (Phi) is 6.27. The molecule has 0 bridgehead atoms. The molecule has 6 nitrogen and oxygen atoms in total. The van der Waals surface area contributed by atoms with Crippen molar-refractivity contribution in [1.82, 2.24) is 24.1 Å². The van der Waals surface area contributed by atoms with E-state index in [-0.39, 0.29) is 5.56 Å². The Balaban J connectivity index is 1.43. The van der Waals surface area contributed by atoms with Crippen LogP contribution in [0.1, 0.15) is 11.4 Å². The van der Waals surface area contributed by atoms with E-state index in [1.54, 1.807) is 4.57 Å². The summed E-state index contributed by atoms with van der Waals surface area (Å²) in [5.41, 5.74) is 4.45. The average molecular weight is 528 g/mol. The van der Waals surface area contributed by atoms with Crippen LogP contribution in [0.3, 0.4) is 0 Å². The predicted molar refractivity (Wildman–Crippen MR) is 150 cm³/mol. The number of para-hydroxylation sites is 3. The second-order valence-corrected chi connectivity index (χ2v) is 10.9. The first-order valence-electron chi connectivity index (χ1n) is 11.5. The maximum Gasteiger partial charge on any atom is 0.278 e. The molecule has 0 atom stereocenters. The van der Waals surface area contributed by atoms with Gasteiger partial charge in [0, 0.05) is 6.54 Å². The Hall–Kier alpha value is -3.53. The summed E-state index contributed by atoms with van der Waals surface area (Å²) in [5.74, 6) is 1.38. The van der Waals surface area contributed by atoms with E-state index >= 15 is 0 Å². The molecule has 0 fully saturated rings. The van der Waals surface area contributed by atoms with E-state index in [2.05, 4.69) is 22.1 Å². The molecule has 36 heavy (non-hydrogen) atoms. The first-order chi connectivity index (χ1) is 17.7. The fraction of sp³-hybridized carbons (Fsp3) is 0.111. The lowest BCUT2D eigenvalue weighted by Gasteiger charge is -2.12. The standard InChI is InChI=1S/C27H21N5OS3/c33-25-23-24(31(27(34)36-23)16-15-18-9-3-1-4-10-18)30-26(32(25)19-11-5-2-6-12-19)35-17-22-28-20-13-7-8-14-21(20)29-22/h1-14H,15-17H2,(H,28,29). The molecule has 6 aromatic rings. The molecule has 3 aromatic carbocycles. The summed E-state index contributed by atoms with van der Waals surface area (Å²) in [5, 5.41) is 0.611. The molecule has 0 aliphatic carbocycles. The van der Waals surface area contributed by atoms with Crippen molar-refractivity contribution in [3.63, 3.8) is 0 Å². The number of benzene rings is 3. The van der Waals surface area contributed by atoms with E-state index < -0.39 is 0 Å². The van der Waals surface area contributed by atoms with Gasteiger partial charge >= 0.3 is 0 Å². The van der Waals surface area contributed by atoms with Gasteiger partial charge < -0.3 is 9.55 Å². The number of hydrogen-bond acceptors (Lipinski definition) is 6. The van der Waals surface area contributed by atoms with Gasteiger partial charge in [0.05, 0.1) is 22.5 Å². The molecule has 1 N–H and O–H groups in total. The summed E-state index contributed by atoms with van der Waals surface area (Å²) in [6.45, 7) is 0.665. The summed E-state index contributed by atoms with van der Waals surface area (Å²) >= 11 is 8.50. The van der Waals surface area contributed by atoms with Gasteiger partial charge in [-0.1, -0.05) is 83.8 Å². The largest absolute Gasteiger partial charge is 0.341 e.